The molecule has 0 bridgehead atoms. The zero-order valence-corrected chi connectivity index (χ0v) is 6.13. The molecular weight excluding hydrogens is 130 g/mol. The molecule has 0 aliphatic carbocycles. The molecule has 10 heavy (non-hydrogen) atoms. The van der Waals surface area contributed by atoms with Crippen LogP contribution in [0.5, 0.6) is 0 Å². The van der Waals surface area contributed by atoms with Crippen LogP contribution < -0.4 is 5.73 Å². The maximum atomic E-state index is 10.7. The van der Waals surface area contributed by atoms with Crippen LogP contribution in [0.15, 0.2) is 0 Å². The van der Waals surface area contributed by atoms with Gasteiger partial charge >= 0.3 is 5.97 Å². The smallest absolute Gasteiger partial charge is 0.337 e. The highest BCUT2D eigenvalue weighted by atomic mass is 16.5. The summed E-state index contributed by atoms with van der Waals surface area (Å²) in [6, 6.07) is -0.615. The number of hydrogen-bond donors (Lipinski definition) is 1. The average Bonchev–Trinajstić information content (AvgIpc) is 1.87. The highest BCUT2D eigenvalue weighted by molar-refractivity contribution is 5.76. The molecule has 1 atom stereocenters. The van der Waals surface area contributed by atoms with Gasteiger partial charge < -0.3 is 10.5 Å². The van der Waals surface area contributed by atoms with Crippen LogP contribution >= 0.6 is 0 Å². The standard InChI is InChI=1S/C7H11NO2/c1-4-10-7(9)6(8)5(2)3/h1,5-6H,8H2,2-3H3/t6-/m1/s1. The monoisotopic (exact) mass is 141 g/mol. The van der Waals surface area contributed by atoms with E-state index < -0.39 is 12.0 Å². The van der Waals surface area contributed by atoms with Crippen molar-refractivity contribution in [3.63, 3.8) is 0 Å². The van der Waals surface area contributed by atoms with Gasteiger partial charge in [0.25, 0.3) is 0 Å². The highest BCUT2D eigenvalue weighted by Crippen LogP contribution is 1.99. The van der Waals surface area contributed by atoms with Gasteiger partial charge in [-0.05, 0) is 5.92 Å². The fourth-order valence-corrected chi connectivity index (χ4v) is 0.398. The van der Waals surface area contributed by atoms with E-state index in [0.29, 0.717) is 0 Å². The van der Waals surface area contributed by atoms with E-state index in [0.717, 1.165) is 0 Å². The van der Waals surface area contributed by atoms with Gasteiger partial charge in [0.1, 0.15) is 12.1 Å². The lowest BCUT2D eigenvalue weighted by Gasteiger charge is -2.10. The number of rotatable bonds is 2. The maximum Gasteiger partial charge on any atom is 0.337 e. The third-order valence-electron chi connectivity index (χ3n) is 1.15. The molecule has 2 N–H and O–H groups in total. The van der Waals surface area contributed by atoms with Crippen LogP contribution in [0.25, 0.3) is 0 Å². The lowest BCUT2D eigenvalue weighted by molar-refractivity contribution is -0.139. The molecule has 0 aliphatic rings. The Hall–Kier alpha value is -1.01. The minimum Gasteiger partial charge on any atom is -0.371 e. The number of ether oxygens (including phenoxy) is 1. The molecule has 0 fully saturated rings. The molecule has 0 aliphatic heterocycles. The quantitative estimate of drug-likeness (QED) is 0.438. The van der Waals surface area contributed by atoms with Gasteiger partial charge in [-0.15, -0.1) is 0 Å². The third-order valence-corrected chi connectivity index (χ3v) is 1.15. The first-order valence-corrected chi connectivity index (χ1v) is 3.01. The lowest BCUT2D eigenvalue weighted by Crippen LogP contribution is -2.36. The summed E-state index contributed by atoms with van der Waals surface area (Å²) in [5.41, 5.74) is 5.38. The van der Waals surface area contributed by atoms with Crippen molar-refractivity contribution in [1.29, 1.82) is 0 Å². The van der Waals surface area contributed by atoms with Gasteiger partial charge in [-0.25, -0.2) is 4.79 Å². The van der Waals surface area contributed by atoms with Crippen molar-refractivity contribution in [2.24, 2.45) is 11.7 Å². The van der Waals surface area contributed by atoms with Crippen molar-refractivity contribution in [3.8, 4) is 12.5 Å². The summed E-state index contributed by atoms with van der Waals surface area (Å²) in [4.78, 5) is 10.7. The molecule has 0 aromatic rings. The molecule has 0 aromatic heterocycles. The number of hydrogen-bond acceptors (Lipinski definition) is 3. The fourth-order valence-electron chi connectivity index (χ4n) is 0.398. The number of terminal acetylenes is 1. The Morgan fingerprint density at radius 1 is 1.70 bits per heavy atom. The summed E-state index contributed by atoms with van der Waals surface area (Å²) in [7, 11) is 0. The largest absolute Gasteiger partial charge is 0.371 e. The van der Waals surface area contributed by atoms with Crippen LogP contribution in [-0.4, -0.2) is 12.0 Å². The van der Waals surface area contributed by atoms with Gasteiger partial charge in [-0.1, -0.05) is 20.3 Å². The molecule has 0 heterocycles. The number of carbonyl (C=O) groups excluding carboxylic acids is 1. The second kappa shape index (κ2) is 3.91. The molecule has 0 radical (unpaired) electrons. The molecular formula is C7H11NO2. The summed E-state index contributed by atoms with van der Waals surface area (Å²) in [5.74, 6) is -0.488. The molecule has 0 saturated heterocycles. The van der Waals surface area contributed by atoms with Crippen LogP contribution in [0.4, 0.5) is 0 Å². The maximum absolute atomic E-state index is 10.7. The second-order valence-electron chi connectivity index (χ2n) is 2.31. The van der Waals surface area contributed by atoms with Crippen molar-refractivity contribution in [2.75, 3.05) is 0 Å². The van der Waals surface area contributed by atoms with Crippen LogP contribution in [0.2, 0.25) is 0 Å². The molecule has 0 amide bonds. The Kier molecular flexibility index (Phi) is 3.52. The first kappa shape index (κ1) is 8.99. The number of nitrogens with two attached hydrogens (primary N) is 1. The number of carbonyl (C=O) groups is 1. The van der Waals surface area contributed by atoms with E-state index in [1.165, 1.54) is 0 Å². The van der Waals surface area contributed by atoms with E-state index in [-0.39, 0.29) is 5.92 Å². The molecule has 0 rings (SSSR count). The first-order valence-electron chi connectivity index (χ1n) is 3.01. The van der Waals surface area contributed by atoms with Crippen molar-refractivity contribution >= 4 is 5.97 Å². The Morgan fingerprint density at radius 2 is 2.20 bits per heavy atom. The zero-order chi connectivity index (χ0) is 8.15. The van der Waals surface area contributed by atoms with Crippen molar-refractivity contribution in [3.05, 3.63) is 0 Å². The Bertz CT molecular complexity index is 157. The normalized spacial score (nSPS) is 12.3. The van der Waals surface area contributed by atoms with E-state index in [4.69, 9.17) is 12.2 Å². The van der Waals surface area contributed by atoms with Gasteiger partial charge in [-0.3, -0.25) is 0 Å². The molecule has 0 saturated carbocycles. The van der Waals surface area contributed by atoms with E-state index in [1.54, 1.807) is 6.11 Å². The van der Waals surface area contributed by atoms with Crippen LogP contribution in [-0.2, 0) is 9.53 Å². The SMILES string of the molecule is C#COC(=O)[C@H](N)C(C)C. The topological polar surface area (TPSA) is 52.3 Å². The molecule has 3 nitrogen and oxygen atoms in total. The lowest BCUT2D eigenvalue weighted by atomic mass is 10.1. The van der Waals surface area contributed by atoms with Crippen LogP contribution in [0.1, 0.15) is 13.8 Å². The Balaban J connectivity index is 3.85. The minimum atomic E-state index is -0.615. The molecule has 0 unspecified atom stereocenters. The summed E-state index contributed by atoms with van der Waals surface area (Å²) in [6.07, 6.45) is 6.49. The van der Waals surface area contributed by atoms with Crippen LogP contribution in [0.3, 0.4) is 0 Å². The highest BCUT2D eigenvalue weighted by Gasteiger charge is 2.17. The van der Waals surface area contributed by atoms with E-state index in [1.807, 2.05) is 13.8 Å². The first-order chi connectivity index (χ1) is 4.59. The van der Waals surface area contributed by atoms with E-state index >= 15 is 0 Å². The second-order valence-corrected chi connectivity index (χ2v) is 2.31. The fraction of sp³-hybridized carbons (Fsp3) is 0.571. The minimum absolute atomic E-state index is 0.0563. The zero-order valence-electron chi connectivity index (χ0n) is 6.13. The molecule has 0 spiro atoms. The molecule has 56 valence electrons. The van der Waals surface area contributed by atoms with Crippen LogP contribution in [0, 0.1) is 18.4 Å². The average molecular weight is 141 g/mol. The Morgan fingerprint density at radius 3 is 2.50 bits per heavy atom. The molecule has 0 aromatic carbocycles. The van der Waals surface area contributed by atoms with Crippen molar-refractivity contribution < 1.29 is 9.53 Å². The van der Waals surface area contributed by atoms with Gasteiger partial charge in [0.2, 0.25) is 0 Å². The van der Waals surface area contributed by atoms with Crippen molar-refractivity contribution in [2.45, 2.75) is 19.9 Å². The van der Waals surface area contributed by atoms with Gasteiger partial charge in [0.05, 0.1) is 0 Å². The number of esters is 1. The third kappa shape index (κ3) is 2.51. The predicted molar refractivity (Wildman–Crippen MR) is 37.7 cm³/mol. The predicted octanol–water partition coefficient (Wildman–Crippen LogP) is 0.104. The van der Waals surface area contributed by atoms with Gasteiger partial charge in [0.15, 0.2) is 0 Å². The summed E-state index contributed by atoms with van der Waals surface area (Å²) >= 11 is 0. The van der Waals surface area contributed by atoms with E-state index in [2.05, 4.69) is 4.74 Å². The van der Waals surface area contributed by atoms with Gasteiger partial charge in [0, 0.05) is 0 Å². The summed E-state index contributed by atoms with van der Waals surface area (Å²) < 4.78 is 4.23. The van der Waals surface area contributed by atoms with Gasteiger partial charge in [-0.2, -0.15) is 0 Å². The molecule has 3 heteroatoms. The van der Waals surface area contributed by atoms with E-state index in [9.17, 15) is 4.79 Å². The Labute approximate surface area is 60.5 Å². The van der Waals surface area contributed by atoms with Crippen molar-refractivity contribution in [1.82, 2.24) is 0 Å². The summed E-state index contributed by atoms with van der Waals surface area (Å²) in [5, 5.41) is 0. The summed E-state index contributed by atoms with van der Waals surface area (Å²) in [6.45, 7) is 3.64.